The Balaban J connectivity index is 1.63. The summed E-state index contributed by atoms with van der Waals surface area (Å²) in [7, 11) is 3.84. The molecule has 25 heavy (non-hydrogen) atoms. The molecule has 0 unspecified atom stereocenters. The van der Waals surface area contributed by atoms with Gasteiger partial charge in [0, 0.05) is 59.1 Å². The van der Waals surface area contributed by atoms with Gasteiger partial charge in [-0.05, 0) is 12.1 Å². The maximum Gasteiger partial charge on any atom is 0.292 e. The molecule has 0 aliphatic carbocycles. The van der Waals surface area contributed by atoms with Crippen LogP contribution in [0.1, 0.15) is 5.69 Å². The number of aromatic nitrogens is 2. The lowest BCUT2D eigenvalue weighted by Gasteiger charge is -2.35. The first-order chi connectivity index (χ1) is 12.0. The van der Waals surface area contributed by atoms with Gasteiger partial charge in [-0.1, -0.05) is 12.1 Å². The number of nitrogens with zero attached hydrogens (tertiary/aromatic N) is 6. The Morgan fingerprint density at radius 1 is 1.16 bits per heavy atom. The highest BCUT2D eigenvalue weighted by molar-refractivity contribution is 5.63. The Kier molecular flexibility index (Phi) is 5.08. The second-order valence-electron chi connectivity index (χ2n) is 6.25. The molecular formula is C17H22N6O2. The fourth-order valence-corrected chi connectivity index (χ4v) is 2.95. The molecule has 3 rings (SSSR count). The summed E-state index contributed by atoms with van der Waals surface area (Å²) in [5.74, 6) is 0.705. The van der Waals surface area contributed by atoms with Crippen LogP contribution in [0.3, 0.4) is 0 Å². The van der Waals surface area contributed by atoms with Crippen molar-refractivity contribution in [3.8, 4) is 0 Å². The Hall–Kier alpha value is -2.74. The molecule has 0 amide bonds. The van der Waals surface area contributed by atoms with Gasteiger partial charge in [0.2, 0.25) is 5.95 Å². The zero-order chi connectivity index (χ0) is 17.8. The highest BCUT2D eigenvalue weighted by atomic mass is 16.6. The summed E-state index contributed by atoms with van der Waals surface area (Å²) in [5, 5.41) is 11.2. The van der Waals surface area contributed by atoms with Gasteiger partial charge in [0.25, 0.3) is 5.69 Å². The Morgan fingerprint density at radius 2 is 1.88 bits per heavy atom. The number of hydrogen-bond donors (Lipinski definition) is 0. The minimum Gasteiger partial charge on any atom is -0.363 e. The number of nitro benzene ring substituents is 1. The van der Waals surface area contributed by atoms with Crippen LogP contribution in [0.5, 0.6) is 0 Å². The van der Waals surface area contributed by atoms with Crippen molar-refractivity contribution < 1.29 is 4.92 Å². The first kappa shape index (κ1) is 17.1. The lowest BCUT2D eigenvalue weighted by atomic mass is 10.2. The minimum atomic E-state index is -0.314. The molecule has 1 saturated heterocycles. The maximum atomic E-state index is 11.2. The van der Waals surface area contributed by atoms with Gasteiger partial charge in [-0.15, -0.1) is 0 Å². The molecule has 1 aliphatic rings. The largest absolute Gasteiger partial charge is 0.363 e. The van der Waals surface area contributed by atoms with E-state index in [2.05, 4.69) is 19.8 Å². The van der Waals surface area contributed by atoms with Crippen molar-refractivity contribution in [2.45, 2.75) is 6.54 Å². The van der Waals surface area contributed by atoms with Crippen LogP contribution in [0.2, 0.25) is 0 Å². The standard InChI is InChI=1S/C17H22N6O2/c1-20(2)17-18-8-7-14(19-17)13-21-9-11-22(12-10-21)15-5-3-4-6-16(15)23(24)25/h3-8H,9-13H2,1-2H3. The molecule has 0 saturated carbocycles. The minimum absolute atomic E-state index is 0.169. The van der Waals surface area contributed by atoms with Gasteiger partial charge in [0.15, 0.2) is 0 Å². The van der Waals surface area contributed by atoms with Crippen LogP contribution >= 0.6 is 0 Å². The molecule has 0 bridgehead atoms. The second kappa shape index (κ2) is 7.43. The molecule has 8 heteroatoms. The Bertz CT molecular complexity index is 743. The molecular weight excluding hydrogens is 320 g/mol. The van der Waals surface area contributed by atoms with Gasteiger partial charge in [-0.3, -0.25) is 15.0 Å². The van der Waals surface area contributed by atoms with E-state index in [4.69, 9.17) is 0 Å². The SMILES string of the molecule is CN(C)c1nccc(CN2CCN(c3ccccc3[N+](=O)[O-])CC2)n1. The molecule has 0 radical (unpaired) electrons. The van der Waals surface area contributed by atoms with Crippen LogP contribution in [0.4, 0.5) is 17.3 Å². The van der Waals surface area contributed by atoms with Crippen LogP contribution < -0.4 is 9.80 Å². The van der Waals surface area contributed by atoms with Crippen molar-refractivity contribution in [2.75, 3.05) is 50.1 Å². The molecule has 0 spiro atoms. The van der Waals surface area contributed by atoms with Gasteiger partial charge >= 0.3 is 0 Å². The average Bonchev–Trinajstić information content (AvgIpc) is 2.62. The second-order valence-corrected chi connectivity index (χ2v) is 6.25. The summed E-state index contributed by atoms with van der Waals surface area (Å²) in [5.41, 5.74) is 1.85. The molecule has 2 heterocycles. The molecule has 132 valence electrons. The van der Waals surface area contributed by atoms with Crippen molar-refractivity contribution >= 4 is 17.3 Å². The number of rotatable bonds is 5. The quantitative estimate of drug-likeness (QED) is 0.605. The fourth-order valence-electron chi connectivity index (χ4n) is 2.95. The third-order valence-electron chi connectivity index (χ3n) is 4.28. The number of anilines is 2. The number of nitro groups is 1. The first-order valence-corrected chi connectivity index (χ1v) is 8.24. The third-order valence-corrected chi connectivity index (χ3v) is 4.28. The summed E-state index contributed by atoms with van der Waals surface area (Å²) in [6, 6.07) is 8.86. The molecule has 1 aromatic heterocycles. The summed E-state index contributed by atoms with van der Waals surface area (Å²) in [4.78, 5) is 26.0. The lowest BCUT2D eigenvalue weighted by Crippen LogP contribution is -2.46. The molecule has 1 aromatic carbocycles. The van der Waals surface area contributed by atoms with E-state index in [0.717, 1.165) is 38.4 Å². The number of piperazine rings is 1. The van der Waals surface area contributed by atoms with Crippen molar-refractivity contribution in [3.63, 3.8) is 0 Å². The van der Waals surface area contributed by atoms with E-state index in [1.807, 2.05) is 37.2 Å². The van der Waals surface area contributed by atoms with Crippen LogP contribution in [0.15, 0.2) is 36.5 Å². The highest BCUT2D eigenvalue weighted by Gasteiger charge is 2.23. The fraction of sp³-hybridized carbons (Fsp3) is 0.412. The van der Waals surface area contributed by atoms with Gasteiger partial charge < -0.3 is 9.80 Å². The van der Waals surface area contributed by atoms with Crippen LogP contribution in [-0.4, -0.2) is 60.1 Å². The summed E-state index contributed by atoms with van der Waals surface area (Å²) < 4.78 is 0. The van der Waals surface area contributed by atoms with Gasteiger partial charge in [0.1, 0.15) is 5.69 Å². The molecule has 0 atom stereocenters. The van der Waals surface area contributed by atoms with E-state index in [1.165, 1.54) is 0 Å². The number of para-hydroxylation sites is 2. The van der Waals surface area contributed by atoms with Crippen molar-refractivity contribution in [1.82, 2.24) is 14.9 Å². The summed E-state index contributed by atoms with van der Waals surface area (Å²) in [6.07, 6.45) is 1.78. The topological polar surface area (TPSA) is 78.6 Å². The van der Waals surface area contributed by atoms with E-state index in [0.29, 0.717) is 11.6 Å². The molecule has 8 nitrogen and oxygen atoms in total. The monoisotopic (exact) mass is 342 g/mol. The zero-order valence-electron chi connectivity index (χ0n) is 14.5. The van der Waals surface area contributed by atoms with Crippen LogP contribution in [-0.2, 0) is 6.54 Å². The normalized spacial score (nSPS) is 15.2. The maximum absolute atomic E-state index is 11.2. The smallest absolute Gasteiger partial charge is 0.292 e. The Morgan fingerprint density at radius 3 is 2.56 bits per heavy atom. The van der Waals surface area contributed by atoms with E-state index in [1.54, 1.807) is 18.3 Å². The van der Waals surface area contributed by atoms with E-state index < -0.39 is 0 Å². The third kappa shape index (κ3) is 4.03. The van der Waals surface area contributed by atoms with E-state index in [-0.39, 0.29) is 10.6 Å². The van der Waals surface area contributed by atoms with Crippen molar-refractivity contribution in [2.24, 2.45) is 0 Å². The van der Waals surface area contributed by atoms with Gasteiger partial charge in [0.05, 0.1) is 10.6 Å². The van der Waals surface area contributed by atoms with Crippen molar-refractivity contribution in [1.29, 1.82) is 0 Å². The molecule has 1 fully saturated rings. The predicted octanol–water partition coefficient (Wildman–Crippen LogP) is 1.77. The predicted molar refractivity (Wildman–Crippen MR) is 96.9 cm³/mol. The highest BCUT2D eigenvalue weighted by Crippen LogP contribution is 2.28. The number of hydrogen-bond acceptors (Lipinski definition) is 7. The summed E-state index contributed by atoms with van der Waals surface area (Å²) >= 11 is 0. The first-order valence-electron chi connectivity index (χ1n) is 8.24. The number of benzene rings is 1. The average molecular weight is 342 g/mol. The Labute approximate surface area is 146 Å². The van der Waals surface area contributed by atoms with Crippen LogP contribution in [0, 0.1) is 10.1 Å². The molecule has 1 aliphatic heterocycles. The summed E-state index contributed by atoms with van der Waals surface area (Å²) in [6.45, 7) is 3.96. The zero-order valence-corrected chi connectivity index (χ0v) is 14.5. The van der Waals surface area contributed by atoms with E-state index in [9.17, 15) is 10.1 Å². The van der Waals surface area contributed by atoms with Crippen LogP contribution in [0.25, 0.3) is 0 Å². The van der Waals surface area contributed by atoms with Gasteiger partial charge in [-0.25, -0.2) is 9.97 Å². The lowest BCUT2D eigenvalue weighted by molar-refractivity contribution is -0.384. The van der Waals surface area contributed by atoms with Crippen molar-refractivity contribution in [3.05, 3.63) is 52.3 Å². The van der Waals surface area contributed by atoms with E-state index >= 15 is 0 Å². The molecule has 2 aromatic rings. The molecule has 0 N–H and O–H groups in total. The van der Waals surface area contributed by atoms with Gasteiger partial charge in [-0.2, -0.15) is 0 Å².